The molecule has 0 bridgehead atoms. The zero-order valence-corrected chi connectivity index (χ0v) is 44.8. The molecule has 16 heteroatoms. The molecule has 2 atom stereocenters. The number of amides is 2. The van der Waals surface area contributed by atoms with Crippen molar-refractivity contribution in [3.05, 3.63) is 226 Å². The molecule has 5 aromatic carbocycles. The number of fused-ring (bicyclic) bond motifs is 1. The van der Waals surface area contributed by atoms with Crippen molar-refractivity contribution in [1.29, 1.82) is 0 Å². The number of β-lactam (4-membered cyclic amide) rings is 1. The number of anilines is 1. The number of nitrogens with zero attached hydrogens (tertiary/aromatic N) is 4. The largest absolute Gasteiger partial charge is 0.457 e. The smallest absolute Gasteiger partial charge is 0.356 e. The minimum Gasteiger partial charge on any atom is -0.457 e. The van der Waals surface area contributed by atoms with Crippen molar-refractivity contribution in [2.45, 2.75) is 73.8 Å². The van der Waals surface area contributed by atoms with Crippen LogP contribution in [0.4, 0.5) is 5.13 Å². The van der Waals surface area contributed by atoms with Gasteiger partial charge in [0.2, 0.25) is 5.60 Å². The van der Waals surface area contributed by atoms with Crippen LogP contribution in [0.3, 0.4) is 0 Å². The Kier molecular flexibility index (Phi) is 15.7. The molecule has 0 aliphatic carbocycles. The molecular formula is C59H57N6O7S3+. The average Bonchev–Trinajstić information content (AvgIpc) is 3.89. The topological polar surface area (TPSA) is 152 Å². The molecule has 13 nitrogen and oxygen atoms in total. The van der Waals surface area contributed by atoms with E-state index in [4.69, 9.17) is 19.3 Å². The summed E-state index contributed by atoms with van der Waals surface area (Å²) in [4.78, 5) is 71.1. The molecule has 0 radical (unpaired) electrons. The van der Waals surface area contributed by atoms with Crippen LogP contribution < -0.4 is 15.2 Å². The number of pyridine rings is 1. The summed E-state index contributed by atoms with van der Waals surface area (Å²) in [7, 11) is 1.94. The predicted molar refractivity (Wildman–Crippen MR) is 294 cm³/mol. The number of rotatable bonds is 18. The van der Waals surface area contributed by atoms with Gasteiger partial charge in [-0.15, -0.1) is 34.9 Å². The average molecular weight is 1060 g/mol. The van der Waals surface area contributed by atoms with Crippen molar-refractivity contribution in [3.63, 3.8) is 0 Å². The fraction of sp³-hybridized carbons (Fsp3) is 0.237. The minimum absolute atomic E-state index is 0.119. The number of esters is 2. The monoisotopic (exact) mass is 1060 g/mol. The number of hydrogen-bond donors (Lipinski definition) is 2. The zero-order chi connectivity index (χ0) is 52.7. The second-order valence-corrected chi connectivity index (χ2v) is 22.5. The molecule has 0 spiro atoms. The third-order valence-electron chi connectivity index (χ3n) is 12.4. The van der Waals surface area contributed by atoms with Gasteiger partial charge in [0.1, 0.15) is 41.0 Å². The Morgan fingerprint density at radius 1 is 0.773 bits per heavy atom. The third kappa shape index (κ3) is 11.7. The number of ether oxygens (including phenoxy) is 2. The Morgan fingerprint density at radius 2 is 1.29 bits per heavy atom. The van der Waals surface area contributed by atoms with Gasteiger partial charge >= 0.3 is 11.9 Å². The molecule has 2 amide bonds. The highest BCUT2D eigenvalue weighted by atomic mass is 32.2. The Labute approximate surface area is 449 Å². The van der Waals surface area contributed by atoms with Crippen molar-refractivity contribution in [2.75, 3.05) is 16.8 Å². The van der Waals surface area contributed by atoms with Crippen molar-refractivity contribution < 1.29 is 38.1 Å². The zero-order valence-electron chi connectivity index (χ0n) is 42.3. The van der Waals surface area contributed by atoms with Crippen LogP contribution in [-0.2, 0) is 46.1 Å². The first-order chi connectivity index (χ1) is 36.1. The van der Waals surface area contributed by atoms with Gasteiger partial charge in [0.25, 0.3) is 11.8 Å². The molecule has 9 rings (SSSR count). The highest BCUT2D eigenvalue weighted by Gasteiger charge is 2.55. The number of hydrogen-bond acceptors (Lipinski definition) is 13. The molecule has 2 aromatic heterocycles. The van der Waals surface area contributed by atoms with E-state index in [1.807, 2.05) is 188 Å². The molecule has 382 valence electrons. The van der Waals surface area contributed by atoms with Crippen molar-refractivity contribution in [3.8, 4) is 0 Å². The molecule has 2 aliphatic heterocycles. The highest BCUT2D eigenvalue weighted by molar-refractivity contribution is 8.01. The van der Waals surface area contributed by atoms with E-state index in [0.29, 0.717) is 16.6 Å². The molecular weight excluding hydrogens is 1000 g/mol. The van der Waals surface area contributed by atoms with E-state index in [0.717, 1.165) is 38.3 Å². The van der Waals surface area contributed by atoms with Crippen molar-refractivity contribution >= 4 is 69.5 Å². The van der Waals surface area contributed by atoms with Gasteiger partial charge in [0.15, 0.2) is 29.3 Å². The van der Waals surface area contributed by atoms with Gasteiger partial charge in [0, 0.05) is 33.9 Å². The number of benzene rings is 5. The number of carbonyl (C=O) groups is 4. The fourth-order valence-corrected chi connectivity index (χ4v) is 11.8. The van der Waals surface area contributed by atoms with Crippen LogP contribution in [0.1, 0.15) is 74.2 Å². The maximum atomic E-state index is 14.9. The maximum absolute atomic E-state index is 14.9. The van der Waals surface area contributed by atoms with Crippen LogP contribution in [0.25, 0.3) is 0 Å². The Bertz CT molecular complexity index is 3070. The first kappa shape index (κ1) is 52.3. The van der Waals surface area contributed by atoms with Crippen LogP contribution >= 0.6 is 34.9 Å². The molecule has 2 aliphatic rings. The second-order valence-electron chi connectivity index (χ2n) is 19.5. The Morgan fingerprint density at radius 3 is 1.81 bits per heavy atom. The molecule has 75 heavy (non-hydrogen) atoms. The Balaban J connectivity index is 1.04. The quantitative estimate of drug-likeness (QED) is 0.0161. The summed E-state index contributed by atoms with van der Waals surface area (Å²) in [5.41, 5.74) is 1.62. The summed E-state index contributed by atoms with van der Waals surface area (Å²) in [6.45, 7) is 8.22. The van der Waals surface area contributed by atoms with Crippen LogP contribution in [0, 0.1) is 0 Å². The van der Waals surface area contributed by atoms with Crippen LogP contribution in [0.5, 0.6) is 0 Å². The number of aromatic nitrogens is 2. The first-order valence-electron chi connectivity index (χ1n) is 24.4. The van der Waals surface area contributed by atoms with E-state index in [1.165, 1.54) is 41.8 Å². The number of thiazole rings is 1. The standard InChI is InChI=1S/C59H56N6O7S3/c1-57(2,3)71-55(69)58(4,5)72-63-47(46-38-75-56(60-46)62-59(42-26-16-9-17-27-42,43-28-18-10-19-29-43)44-30-20-11-21-31-44)51(66)61-48-52(67)65-49(41(37-74-53(48)65)36-73-45-32-34-64(6)35-33-45)54(68)70-50(39-22-12-7-13-23-39)40-24-14-8-15-25-40/h7-35,38,48,50,53H,36-37H2,1-6H3,(H-,60,61,62,66)/p+1/t48-,53-/m1/s1. The minimum atomic E-state index is -1.65. The molecule has 1 saturated heterocycles. The number of aryl methyl sites for hydroxylation is 1. The lowest BCUT2D eigenvalue weighted by Crippen LogP contribution is -2.71. The molecule has 2 N–H and O–H groups in total. The van der Waals surface area contributed by atoms with Crippen LogP contribution in [0.2, 0.25) is 0 Å². The van der Waals surface area contributed by atoms with Gasteiger partial charge in [-0.05, 0) is 68.0 Å². The highest BCUT2D eigenvalue weighted by Crippen LogP contribution is 2.44. The van der Waals surface area contributed by atoms with E-state index in [1.54, 1.807) is 37.9 Å². The first-order valence-corrected chi connectivity index (χ1v) is 27.3. The lowest BCUT2D eigenvalue weighted by molar-refractivity contribution is -0.671. The lowest BCUT2D eigenvalue weighted by atomic mass is 9.77. The Hall–Kier alpha value is -7.53. The van der Waals surface area contributed by atoms with Crippen LogP contribution in [0.15, 0.2) is 203 Å². The maximum Gasteiger partial charge on any atom is 0.356 e. The summed E-state index contributed by atoms with van der Waals surface area (Å²) in [5.74, 6) is -1.88. The number of nitrogens with one attached hydrogen (secondary N) is 2. The van der Waals surface area contributed by atoms with E-state index in [-0.39, 0.29) is 17.1 Å². The molecule has 1 fully saturated rings. The van der Waals surface area contributed by atoms with Crippen molar-refractivity contribution in [1.82, 2.24) is 15.2 Å². The lowest BCUT2D eigenvalue weighted by Gasteiger charge is -2.49. The number of carbonyl (C=O) groups excluding carboxylic acids is 4. The van der Waals surface area contributed by atoms with E-state index in [2.05, 4.69) is 15.8 Å². The molecule has 0 unspecified atom stereocenters. The summed E-state index contributed by atoms with van der Waals surface area (Å²) >= 11 is 4.23. The fourth-order valence-electron chi connectivity index (χ4n) is 8.68. The predicted octanol–water partition coefficient (Wildman–Crippen LogP) is 9.99. The summed E-state index contributed by atoms with van der Waals surface area (Å²) in [6, 6.07) is 51.9. The van der Waals surface area contributed by atoms with Crippen molar-refractivity contribution in [2.24, 2.45) is 12.2 Å². The van der Waals surface area contributed by atoms with Gasteiger partial charge in [-0.3, -0.25) is 14.5 Å². The summed E-state index contributed by atoms with van der Waals surface area (Å²) in [5, 5.41) is 12.4. The molecule has 7 aromatic rings. The van der Waals surface area contributed by atoms with Gasteiger partial charge in [0.05, 0.1) is 0 Å². The van der Waals surface area contributed by atoms with Crippen LogP contribution in [-0.4, -0.2) is 73.5 Å². The second kappa shape index (κ2) is 22.5. The number of oxime groups is 1. The molecule has 0 saturated carbocycles. The van der Waals surface area contributed by atoms with E-state index < -0.39 is 58.0 Å². The normalized spacial score (nSPS) is 15.9. The van der Waals surface area contributed by atoms with Gasteiger partial charge in [-0.25, -0.2) is 19.1 Å². The summed E-state index contributed by atoms with van der Waals surface area (Å²) < 4.78 is 14.0. The third-order valence-corrected chi connectivity index (χ3v) is 15.6. The van der Waals surface area contributed by atoms with E-state index in [9.17, 15) is 19.2 Å². The number of thioether (sulfide) groups is 2. The SMILES string of the molecule is C[n+]1ccc(SCC2=C(C(=O)OC(c3ccccc3)c3ccccc3)N3C(=O)[C@@H](NC(=O)C(=NOC(C)(C)C(=O)OC(C)(C)C)c4csc(NC(c5ccccc5)(c5ccccc5)c5ccccc5)n4)[C@H]3SC2)cc1. The van der Waals surface area contributed by atoms with Gasteiger partial charge < -0.3 is 24.9 Å². The summed E-state index contributed by atoms with van der Waals surface area (Å²) in [6.07, 6.45) is 3.13. The molecule has 4 heterocycles. The van der Waals surface area contributed by atoms with Gasteiger partial charge in [-0.1, -0.05) is 157 Å². The van der Waals surface area contributed by atoms with Gasteiger partial charge in [-0.2, -0.15) is 0 Å². The van der Waals surface area contributed by atoms with E-state index >= 15 is 0 Å².